The Morgan fingerprint density at radius 1 is 1.36 bits per heavy atom. The average molecular weight is 162 g/mol. The van der Waals surface area contributed by atoms with Gasteiger partial charge in [0.25, 0.3) is 0 Å². The Labute approximate surface area is 71.4 Å². The molecule has 0 nitrogen and oxygen atoms in total. The highest BCUT2D eigenvalue weighted by molar-refractivity contribution is 6.33. The van der Waals surface area contributed by atoms with Crippen molar-refractivity contribution in [1.82, 2.24) is 0 Å². The number of hydrogen-bond acceptors (Lipinski definition) is 0. The molecular weight excluding hydrogens is 148 g/mol. The number of allylic oxidation sites excluding steroid dienone is 1. The Balaban J connectivity index is 2.69. The normalized spacial score (nSPS) is 9.82. The maximum atomic E-state index is 3.72. The molecule has 0 aliphatic rings. The molecule has 1 heteroatoms. The monoisotopic (exact) mass is 162 g/mol. The van der Waals surface area contributed by atoms with Crippen molar-refractivity contribution in [2.45, 2.75) is 12.8 Å². The van der Waals surface area contributed by atoms with Crippen molar-refractivity contribution in [3.63, 3.8) is 0 Å². The second kappa shape index (κ2) is 4.14. The summed E-state index contributed by atoms with van der Waals surface area (Å²) in [6, 6.07) is 8.65. The van der Waals surface area contributed by atoms with Crippen LogP contribution >= 0.6 is 0 Å². The first-order chi connectivity index (χ1) is 5.34. The Hall–Kier alpha value is -0.823. The van der Waals surface area contributed by atoms with Crippen LogP contribution in [0.15, 0.2) is 36.9 Å². The molecule has 0 saturated heterocycles. The molecule has 0 radical (unpaired) electrons. The van der Waals surface area contributed by atoms with Gasteiger partial charge in [-0.3, -0.25) is 0 Å². The van der Waals surface area contributed by atoms with Gasteiger partial charge < -0.3 is 0 Å². The first kappa shape index (κ1) is 8.28. The van der Waals surface area contributed by atoms with Crippen LogP contribution in [-0.2, 0) is 6.42 Å². The third-order valence-corrected chi connectivity index (χ3v) is 2.85. The van der Waals surface area contributed by atoms with Crippen LogP contribution in [0, 0.1) is 0 Å². The van der Waals surface area contributed by atoms with Crippen LogP contribution < -0.4 is 5.19 Å². The second-order valence-corrected chi connectivity index (χ2v) is 3.83. The quantitative estimate of drug-likeness (QED) is 0.455. The maximum Gasteiger partial charge on any atom is 0.0388 e. The van der Waals surface area contributed by atoms with Crippen molar-refractivity contribution in [2.24, 2.45) is 0 Å². The lowest BCUT2D eigenvalue weighted by Gasteiger charge is -2.01. The molecular formula is C10H14Si. The molecule has 0 fully saturated rings. The lowest BCUT2D eigenvalue weighted by molar-refractivity contribution is 1.01. The molecule has 1 aromatic carbocycles. The predicted molar refractivity (Wildman–Crippen MR) is 54.5 cm³/mol. The van der Waals surface area contributed by atoms with Gasteiger partial charge in [-0.1, -0.05) is 35.5 Å². The van der Waals surface area contributed by atoms with Crippen molar-refractivity contribution in [2.75, 3.05) is 0 Å². The third kappa shape index (κ3) is 2.35. The van der Waals surface area contributed by atoms with Crippen molar-refractivity contribution in [3.8, 4) is 0 Å². The molecule has 0 heterocycles. The minimum atomic E-state index is 1.10. The molecule has 58 valence electrons. The topological polar surface area (TPSA) is 0 Å². The summed E-state index contributed by atoms with van der Waals surface area (Å²) in [5, 5.41) is 1.52. The van der Waals surface area contributed by atoms with Crippen LogP contribution in [0.1, 0.15) is 12.0 Å². The van der Waals surface area contributed by atoms with E-state index >= 15 is 0 Å². The van der Waals surface area contributed by atoms with Gasteiger partial charge in [-0.25, -0.2) is 0 Å². The van der Waals surface area contributed by atoms with Gasteiger partial charge >= 0.3 is 0 Å². The first-order valence-electron chi connectivity index (χ1n) is 4.00. The zero-order chi connectivity index (χ0) is 8.10. The van der Waals surface area contributed by atoms with Gasteiger partial charge in [-0.05, 0) is 18.4 Å². The van der Waals surface area contributed by atoms with E-state index in [4.69, 9.17) is 0 Å². The van der Waals surface area contributed by atoms with E-state index in [9.17, 15) is 0 Å². The number of rotatable bonds is 3. The van der Waals surface area contributed by atoms with E-state index in [0.29, 0.717) is 0 Å². The molecule has 1 rings (SSSR count). The number of aryl methyl sites for hydroxylation is 1. The molecule has 0 aliphatic carbocycles. The van der Waals surface area contributed by atoms with E-state index in [0.717, 1.165) is 23.1 Å². The van der Waals surface area contributed by atoms with Crippen LogP contribution in [0.5, 0.6) is 0 Å². The van der Waals surface area contributed by atoms with Gasteiger partial charge in [0.2, 0.25) is 0 Å². The predicted octanol–water partition coefficient (Wildman–Crippen LogP) is 0.796. The van der Waals surface area contributed by atoms with Crippen LogP contribution in [0.2, 0.25) is 0 Å². The van der Waals surface area contributed by atoms with E-state index in [1.165, 1.54) is 10.8 Å². The summed E-state index contributed by atoms with van der Waals surface area (Å²) in [6.45, 7) is 3.72. The van der Waals surface area contributed by atoms with Crippen LogP contribution in [0.4, 0.5) is 0 Å². The molecule has 0 aliphatic heterocycles. The fourth-order valence-electron chi connectivity index (χ4n) is 1.15. The smallest absolute Gasteiger partial charge is 0.0388 e. The summed E-state index contributed by atoms with van der Waals surface area (Å²) >= 11 is 0. The van der Waals surface area contributed by atoms with Gasteiger partial charge in [0.15, 0.2) is 0 Å². The van der Waals surface area contributed by atoms with Gasteiger partial charge in [0.05, 0.1) is 0 Å². The van der Waals surface area contributed by atoms with Gasteiger partial charge in [-0.2, -0.15) is 0 Å². The van der Waals surface area contributed by atoms with E-state index in [-0.39, 0.29) is 0 Å². The SMILES string of the molecule is C=CCCc1ccccc1[SiH3]. The fraction of sp³-hybridized carbons (Fsp3) is 0.200. The minimum Gasteiger partial charge on any atom is -0.103 e. The summed E-state index contributed by atoms with van der Waals surface area (Å²) in [5.74, 6) is 0. The highest BCUT2D eigenvalue weighted by Crippen LogP contribution is 1.98. The molecule has 0 aromatic heterocycles. The second-order valence-electron chi connectivity index (χ2n) is 2.75. The molecule has 0 saturated carbocycles. The first-order valence-corrected chi connectivity index (χ1v) is 5.00. The Morgan fingerprint density at radius 3 is 2.73 bits per heavy atom. The third-order valence-electron chi connectivity index (χ3n) is 1.88. The van der Waals surface area contributed by atoms with Crippen molar-refractivity contribution < 1.29 is 0 Å². The average Bonchev–Trinajstić information content (AvgIpc) is 2.03. The van der Waals surface area contributed by atoms with Crippen LogP contribution in [0.25, 0.3) is 0 Å². The zero-order valence-electron chi connectivity index (χ0n) is 7.01. The molecule has 0 N–H and O–H groups in total. The maximum absolute atomic E-state index is 3.72. The van der Waals surface area contributed by atoms with E-state index < -0.39 is 0 Å². The van der Waals surface area contributed by atoms with Crippen LogP contribution in [-0.4, -0.2) is 10.2 Å². The number of benzene rings is 1. The summed E-state index contributed by atoms with van der Waals surface area (Å²) in [4.78, 5) is 0. The summed E-state index contributed by atoms with van der Waals surface area (Å²) < 4.78 is 0. The Kier molecular flexibility index (Phi) is 3.11. The lowest BCUT2D eigenvalue weighted by atomic mass is 10.1. The van der Waals surface area contributed by atoms with Crippen molar-refractivity contribution >= 4 is 15.4 Å². The summed E-state index contributed by atoms with van der Waals surface area (Å²) in [6.07, 6.45) is 4.23. The van der Waals surface area contributed by atoms with Crippen LogP contribution in [0.3, 0.4) is 0 Å². The fourth-order valence-corrected chi connectivity index (χ4v) is 1.76. The molecule has 11 heavy (non-hydrogen) atoms. The van der Waals surface area contributed by atoms with E-state index in [2.05, 4.69) is 30.8 Å². The van der Waals surface area contributed by atoms with Gasteiger partial charge in [0, 0.05) is 10.2 Å². The van der Waals surface area contributed by atoms with E-state index in [1.54, 1.807) is 0 Å². The van der Waals surface area contributed by atoms with E-state index in [1.807, 2.05) is 6.08 Å². The highest BCUT2D eigenvalue weighted by atomic mass is 28.1. The molecule has 0 bridgehead atoms. The molecule has 0 atom stereocenters. The van der Waals surface area contributed by atoms with Crippen molar-refractivity contribution in [1.29, 1.82) is 0 Å². The molecule has 0 amide bonds. The Bertz CT molecular complexity index is 240. The Morgan fingerprint density at radius 2 is 2.09 bits per heavy atom. The standard InChI is InChI=1S/C10H14Si/c1-2-3-6-9-7-4-5-8-10(9)11/h2,4-5,7-8H,1,3,6H2,11H3. The van der Waals surface area contributed by atoms with Crippen molar-refractivity contribution in [3.05, 3.63) is 42.5 Å². The zero-order valence-corrected chi connectivity index (χ0v) is 9.01. The highest BCUT2D eigenvalue weighted by Gasteiger charge is 1.93. The summed E-state index contributed by atoms with van der Waals surface area (Å²) in [5.41, 5.74) is 1.50. The number of hydrogen-bond donors (Lipinski definition) is 0. The van der Waals surface area contributed by atoms with Gasteiger partial charge in [-0.15, -0.1) is 6.58 Å². The summed E-state index contributed by atoms with van der Waals surface area (Å²) in [7, 11) is 1.16. The lowest BCUT2D eigenvalue weighted by Crippen LogP contribution is -2.08. The largest absolute Gasteiger partial charge is 0.103 e. The molecule has 1 aromatic rings. The van der Waals surface area contributed by atoms with Gasteiger partial charge in [0.1, 0.15) is 0 Å². The minimum absolute atomic E-state index is 1.10. The molecule has 0 unspecified atom stereocenters. The molecule has 0 spiro atoms.